The van der Waals surface area contributed by atoms with Gasteiger partial charge in [0, 0.05) is 31.7 Å². The molecule has 2 aromatic carbocycles. The van der Waals surface area contributed by atoms with Gasteiger partial charge in [-0.15, -0.1) is 5.10 Å². The molecule has 5 aromatic rings. The molecule has 0 aliphatic carbocycles. The fraction of sp³-hybridized carbons (Fsp3) is 0.276. The Balaban J connectivity index is 1.33. The lowest BCUT2D eigenvalue weighted by atomic mass is 9.83. The maximum Gasteiger partial charge on any atom is 0.304 e. The Hall–Kier alpha value is -4.53. The lowest BCUT2D eigenvalue weighted by molar-refractivity contribution is -0.137. The first-order valence-corrected chi connectivity index (χ1v) is 12.8. The van der Waals surface area contributed by atoms with E-state index in [1.165, 1.54) is 5.56 Å². The molecule has 1 N–H and O–H groups in total. The van der Waals surface area contributed by atoms with Gasteiger partial charge in [0.15, 0.2) is 5.69 Å². The molecule has 9 heteroatoms. The van der Waals surface area contributed by atoms with Crippen molar-refractivity contribution in [3.63, 3.8) is 0 Å². The normalized spacial score (nSPS) is 14.1. The summed E-state index contributed by atoms with van der Waals surface area (Å²) >= 11 is 0. The number of benzene rings is 2. The predicted octanol–water partition coefficient (Wildman–Crippen LogP) is 4.21. The van der Waals surface area contributed by atoms with E-state index in [-0.39, 0.29) is 18.2 Å². The molecule has 192 valence electrons. The molecule has 0 fully saturated rings. The molecule has 0 radical (unpaired) electrons. The molecule has 9 nitrogen and oxygen atoms in total. The minimum Gasteiger partial charge on any atom is -0.481 e. The number of hydrogen-bond donors (Lipinski definition) is 1. The minimum atomic E-state index is -0.868. The zero-order valence-electron chi connectivity index (χ0n) is 21.3. The number of fused-ring (bicyclic) bond motifs is 3. The number of carboxylic acids is 1. The average molecular weight is 509 g/mol. The second-order valence-electron chi connectivity index (χ2n) is 9.81. The van der Waals surface area contributed by atoms with Crippen LogP contribution in [0.25, 0.3) is 16.6 Å². The van der Waals surface area contributed by atoms with Crippen molar-refractivity contribution in [3.05, 3.63) is 94.3 Å². The van der Waals surface area contributed by atoms with Gasteiger partial charge in [-0.3, -0.25) is 9.59 Å². The van der Waals surface area contributed by atoms with Crippen LogP contribution in [0.4, 0.5) is 0 Å². The van der Waals surface area contributed by atoms with Gasteiger partial charge in [0.05, 0.1) is 17.5 Å². The summed E-state index contributed by atoms with van der Waals surface area (Å²) in [4.78, 5) is 27.1. The van der Waals surface area contributed by atoms with Crippen LogP contribution in [-0.4, -0.2) is 53.0 Å². The Bertz CT molecular complexity index is 1670. The van der Waals surface area contributed by atoms with E-state index < -0.39 is 5.97 Å². The van der Waals surface area contributed by atoms with Crippen molar-refractivity contribution in [2.75, 3.05) is 6.54 Å². The highest BCUT2D eigenvalue weighted by atomic mass is 16.4. The molecule has 1 unspecified atom stereocenters. The highest BCUT2D eigenvalue weighted by Crippen LogP contribution is 2.35. The second-order valence-corrected chi connectivity index (χ2v) is 9.81. The van der Waals surface area contributed by atoms with Crippen LogP contribution >= 0.6 is 0 Å². The van der Waals surface area contributed by atoms with Crippen molar-refractivity contribution in [2.45, 2.75) is 45.7 Å². The Morgan fingerprint density at radius 2 is 1.95 bits per heavy atom. The molecule has 3 aromatic heterocycles. The molecule has 1 atom stereocenters. The predicted molar refractivity (Wildman–Crippen MR) is 142 cm³/mol. The highest BCUT2D eigenvalue weighted by Gasteiger charge is 2.27. The first-order chi connectivity index (χ1) is 18.4. The van der Waals surface area contributed by atoms with Crippen LogP contribution in [0.1, 0.15) is 57.6 Å². The summed E-state index contributed by atoms with van der Waals surface area (Å²) in [5, 5.41) is 22.8. The van der Waals surface area contributed by atoms with Crippen LogP contribution in [0, 0.1) is 6.92 Å². The fourth-order valence-electron chi connectivity index (χ4n) is 5.55. The molecule has 1 aliphatic heterocycles. The van der Waals surface area contributed by atoms with E-state index >= 15 is 0 Å². The van der Waals surface area contributed by atoms with Crippen molar-refractivity contribution in [2.24, 2.45) is 0 Å². The number of aromatic nitrogens is 5. The van der Waals surface area contributed by atoms with Crippen molar-refractivity contribution in [1.29, 1.82) is 0 Å². The third-order valence-electron chi connectivity index (χ3n) is 7.56. The monoisotopic (exact) mass is 508 g/mol. The number of carbonyl (C=O) groups is 2. The first-order valence-electron chi connectivity index (χ1n) is 12.8. The van der Waals surface area contributed by atoms with Crippen LogP contribution in [0.2, 0.25) is 0 Å². The van der Waals surface area contributed by atoms with Crippen molar-refractivity contribution < 1.29 is 14.7 Å². The third kappa shape index (κ3) is 4.09. The molecule has 1 amide bonds. The largest absolute Gasteiger partial charge is 0.481 e. The zero-order valence-corrected chi connectivity index (χ0v) is 21.3. The van der Waals surface area contributed by atoms with Crippen LogP contribution in [0.15, 0.2) is 60.8 Å². The molecule has 0 spiro atoms. The summed E-state index contributed by atoms with van der Waals surface area (Å²) in [7, 11) is 0. The summed E-state index contributed by atoms with van der Waals surface area (Å²) in [6.07, 6.45) is 2.52. The number of aryl methyl sites for hydroxylation is 2. The Labute approximate surface area is 219 Å². The van der Waals surface area contributed by atoms with E-state index in [1.807, 2.05) is 72.1 Å². The Kier molecular flexibility index (Phi) is 5.90. The van der Waals surface area contributed by atoms with Crippen molar-refractivity contribution >= 4 is 28.4 Å². The number of nitrogens with zero attached hydrogens (tertiary/aromatic N) is 6. The number of hydrogen-bond acceptors (Lipinski definition) is 5. The quantitative estimate of drug-likeness (QED) is 0.368. The summed E-state index contributed by atoms with van der Waals surface area (Å²) < 4.78 is 3.55. The number of carbonyl (C=O) groups excluding carboxylic acids is 1. The maximum absolute atomic E-state index is 13.3. The standard InChI is InChI=1S/C29H28N6O3/c1-3-34-26-10-9-23(18(2)28(26)30-32-34)24(16-27(36)37)20-8-7-19-11-13-33(17-21(19)14-20)29(38)25-15-22-6-4-5-12-35(22)31-25/h4-10,12,14-15,24H,3,11,13,16-17H2,1-2H3,(H,36,37). The van der Waals surface area contributed by atoms with Crippen molar-refractivity contribution in [1.82, 2.24) is 29.5 Å². The SMILES string of the molecule is CCn1nnc2c(C)c(C(CC(=O)O)c3ccc4c(c3)CN(C(=O)c3cc5ccccn5n3)CC4)ccc21. The van der Waals surface area contributed by atoms with E-state index in [0.717, 1.165) is 45.2 Å². The molecule has 0 saturated heterocycles. The summed E-state index contributed by atoms with van der Waals surface area (Å²) in [5.41, 5.74) is 8.03. The van der Waals surface area contributed by atoms with Gasteiger partial charge in [0.25, 0.3) is 5.91 Å². The van der Waals surface area contributed by atoms with Gasteiger partial charge in [0.2, 0.25) is 0 Å². The molecule has 1 aliphatic rings. The average Bonchev–Trinajstić information content (AvgIpc) is 3.56. The first kappa shape index (κ1) is 23.8. The summed E-state index contributed by atoms with van der Waals surface area (Å²) in [6, 6.07) is 17.7. The number of rotatable bonds is 6. The topological polar surface area (TPSA) is 106 Å². The number of carboxylic acid groups (broad SMARTS) is 1. The van der Waals surface area contributed by atoms with Gasteiger partial charge in [-0.05, 0) is 72.4 Å². The van der Waals surface area contributed by atoms with Crippen LogP contribution in [0.3, 0.4) is 0 Å². The molecule has 38 heavy (non-hydrogen) atoms. The van der Waals surface area contributed by atoms with E-state index in [0.29, 0.717) is 25.3 Å². The molecular weight excluding hydrogens is 480 g/mol. The molecular formula is C29H28N6O3. The number of pyridine rings is 1. The molecule has 0 saturated carbocycles. The highest BCUT2D eigenvalue weighted by molar-refractivity contribution is 5.93. The lowest BCUT2D eigenvalue weighted by Gasteiger charge is -2.29. The van der Waals surface area contributed by atoms with Gasteiger partial charge in [-0.1, -0.05) is 35.5 Å². The van der Waals surface area contributed by atoms with E-state index in [2.05, 4.69) is 27.5 Å². The Morgan fingerprint density at radius 1 is 1.08 bits per heavy atom. The zero-order chi connectivity index (χ0) is 26.4. The van der Waals surface area contributed by atoms with E-state index in [1.54, 1.807) is 4.52 Å². The van der Waals surface area contributed by atoms with Crippen molar-refractivity contribution in [3.8, 4) is 0 Å². The van der Waals surface area contributed by atoms with E-state index in [9.17, 15) is 14.7 Å². The van der Waals surface area contributed by atoms with Gasteiger partial charge < -0.3 is 10.0 Å². The minimum absolute atomic E-state index is 0.0447. The summed E-state index contributed by atoms with van der Waals surface area (Å²) in [6.45, 7) is 5.78. The number of amides is 1. The second kappa shape index (κ2) is 9.41. The summed E-state index contributed by atoms with van der Waals surface area (Å²) in [5.74, 6) is -1.32. The maximum atomic E-state index is 13.3. The fourth-order valence-corrected chi connectivity index (χ4v) is 5.55. The van der Waals surface area contributed by atoms with Gasteiger partial charge >= 0.3 is 5.97 Å². The number of aliphatic carboxylic acids is 1. The lowest BCUT2D eigenvalue weighted by Crippen LogP contribution is -2.36. The molecule has 6 rings (SSSR count). The van der Waals surface area contributed by atoms with Gasteiger partial charge in [-0.25, -0.2) is 9.20 Å². The van der Waals surface area contributed by atoms with Crippen LogP contribution < -0.4 is 0 Å². The van der Waals surface area contributed by atoms with E-state index in [4.69, 9.17) is 0 Å². The molecule has 0 bridgehead atoms. The molecule has 4 heterocycles. The van der Waals surface area contributed by atoms with Crippen LogP contribution in [0.5, 0.6) is 0 Å². The third-order valence-corrected chi connectivity index (χ3v) is 7.56. The van der Waals surface area contributed by atoms with Gasteiger partial charge in [-0.2, -0.15) is 5.10 Å². The Morgan fingerprint density at radius 3 is 2.74 bits per heavy atom. The van der Waals surface area contributed by atoms with Gasteiger partial charge in [0.1, 0.15) is 5.52 Å². The smallest absolute Gasteiger partial charge is 0.304 e. The van der Waals surface area contributed by atoms with Crippen LogP contribution in [-0.2, 0) is 24.3 Å².